The van der Waals surface area contributed by atoms with Gasteiger partial charge in [-0.1, -0.05) is 39.0 Å². The summed E-state index contributed by atoms with van der Waals surface area (Å²) in [7, 11) is 0. The predicted octanol–water partition coefficient (Wildman–Crippen LogP) is 5.30. The lowest BCUT2D eigenvalue weighted by Gasteiger charge is -2.36. The molecule has 0 amide bonds. The van der Waals surface area contributed by atoms with Crippen molar-refractivity contribution in [3.63, 3.8) is 0 Å². The molecule has 27 heavy (non-hydrogen) atoms. The van der Waals surface area contributed by atoms with Crippen molar-refractivity contribution < 1.29 is 14.5 Å². The van der Waals surface area contributed by atoms with E-state index in [1.165, 1.54) is 41.7 Å². The minimum atomic E-state index is -0.417. The summed E-state index contributed by atoms with van der Waals surface area (Å²) >= 11 is 2.69. The van der Waals surface area contributed by atoms with Crippen molar-refractivity contribution in [1.82, 2.24) is 4.98 Å². The van der Waals surface area contributed by atoms with Gasteiger partial charge < -0.3 is 4.74 Å². The van der Waals surface area contributed by atoms with Crippen LogP contribution in [0.25, 0.3) is 10.2 Å². The number of nitro benzene ring substituents is 1. The largest absolute Gasteiger partial charge is 0.461 e. The topological polar surface area (TPSA) is 82.3 Å². The number of fused-ring (bicyclic) bond motifs is 1. The third-order valence-corrected chi connectivity index (χ3v) is 7.26. The quantitative estimate of drug-likeness (QED) is 0.279. The zero-order valence-electron chi connectivity index (χ0n) is 15.7. The van der Waals surface area contributed by atoms with Crippen LogP contribution in [0.15, 0.2) is 22.5 Å². The summed E-state index contributed by atoms with van der Waals surface area (Å²) < 4.78 is 7.28. The minimum absolute atomic E-state index is 0.000123. The lowest BCUT2D eigenvalue weighted by Crippen LogP contribution is -2.36. The SMILES string of the molecule is CC(C)[C@@H]1CC[C@@H](C)C[C@H]1OC(=O)CSc1nc2ccc([N+](=O)[O-])cc2s1. The molecule has 3 atom stereocenters. The highest BCUT2D eigenvalue weighted by Gasteiger charge is 2.33. The summed E-state index contributed by atoms with van der Waals surface area (Å²) in [6.45, 7) is 6.60. The molecule has 0 radical (unpaired) electrons. The van der Waals surface area contributed by atoms with Crippen LogP contribution in [0.1, 0.15) is 40.0 Å². The molecule has 146 valence electrons. The molecule has 1 heterocycles. The first-order chi connectivity index (χ1) is 12.8. The van der Waals surface area contributed by atoms with Crippen LogP contribution in [-0.4, -0.2) is 27.7 Å². The van der Waals surface area contributed by atoms with Gasteiger partial charge in [-0.15, -0.1) is 11.3 Å². The van der Waals surface area contributed by atoms with Gasteiger partial charge in [0, 0.05) is 12.1 Å². The Bertz CT molecular complexity index is 836. The van der Waals surface area contributed by atoms with E-state index in [0.717, 1.165) is 21.9 Å². The van der Waals surface area contributed by atoms with E-state index in [-0.39, 0.29) is 23.5 Å². The van der Waals surface area contributed by atoms with E-state index >= 15 is 0 Å². The van der Waals surface area contributed by atoms with E-state index in [1.54, 1.807) is 6.07 Å². The third-order valence-electron chi connectivity index (χ3n) is 5.12. The van der Waals surface area contributed by atoms with E-state index < -0.39 is 4.92 Å². The molecule has 0 bridgehead atoms. The Morgan fingerprint density at radius 2 is 2.22 bits per heavy atom. The summed E-state index contributed by atoms with van der Waals surface area (Å²) in [5, 5.41) is 10.9. The molecule has 0 saturated heterocycles. The van der Waals surface area contributed by atoms with E-state index in [4.69, 9.17) is 4.74 Å². The Morgan fingerprint density at radius 1 is 1.44 bits per heavy atom. The lowest BCUT2D eigenvalue weighted by atomic mass is 9.75. The number of thioether (sulfide) groups is 1. The van der Waals surface area contributed by atoms with Crippen LogP contribution in [-0.2, 0) is 9.53 Å². The van der Waals surface area contributed by atoms with E-state index in [1.807, 2.05) is 0 Å². The number of hydrogen-bond donors (Lipinski definition) is 0. The molecule has 1 aromatic carbocycles. The molecule has 3 rings (SSSR count). The second kappa shape index (κ2) is 8.56. The Balaban J connectivity index is 1.60. The van der Waals surface area contributed by atoms with Crippen molar-refractivity contribution in [3.05, 3.63) is 28.3 Å². The maximum absolute atomic E-state index is 12.4. The average Bonchev–Trinajstić information content (AvgIpc) is 3.01. The number of benzene rings is 1. The van der Waals surface area contributed by atoms with Gasteiger partial charge in [-0.05, 0) is 36.7 Å². The number of esters is 1. The smallest absolute Gasteiger partial charge is 0.316 e. The molecule has 0 unspecified atom stereocenters. The number of carbonyl (C=O) groups excluding carboxylic acids is 1. The number of ether oxygens (including phenoxy) is 1. The first-order valence-corrected chi connectivity index (χ1v) is 11.0. The Hall–Kier alpha value is -1.67. The number of carbonyl (C=O) groups is 1. The maximum Gasteiger partial charge on any atom is 0.316 e. The highest BCUT2D eigenvalue weighted by atomic mass is 32.2. The molecular weight excluding hydrogens is 384 g/mol. The number of rotatable bonds is 6. The number of aromatic nitrogens is 1. The molecule has 1 saturated carbocycles. The summed E-state index contributed by atoms with van der Waals surface area (Å²) in [5.41, 5.74) is 0.760. The summed E-state index contributed by atoms with van der Waals surface area (Å²) in [6, 6.07) is 4.61. The van der Waals surface area contributed by atoms with E-state index in [0.29, 0.717) is 23.3 Å². The van der Waals surface area contributed by atoms with Crippen LogP contribution in [0.2, 0.25) is 0 Å². The summed E-state index contributed by atoms with van der Waals surface area (Å²) in [4.78, 5) is 27.3. The fourth-order valence-electron chi connectivity index (χ4n) is 3.64. The fourth-order valence-corrected chi connectivity index (χ4v) is 5.53. The zero-order valence-corrected chi connectivity index (χ0v) is 17.3. The van der Waals surface area contributed by atoms with E-state index in [2.05, 4.69) is 25.8 Å². The molecule has 1 fully saturated rings. The van der Waals surface area contributed by atoms with Gasteiger partial charge in [-0.3, -0.25) is 14.9 Å². The number of non-ortho nitro benzene ring substituents is 1. The van der Waals surface area contributed by atoms with Crippen molar-refractivity contribution in [3.8, 4) is 0 Å². The fraction of sp³-hybridized carbons (Fsp3) is 0.579. The van der Waals surface area contributed by atoms with Gasteiger partial charge >= 0.3 is 5.97 Å². The molecule has 1 aromatic heterocycles. The second-order valence-corrected chi connectivity index (χ2v) is 9.79. The molecule has 1 aliphatic rings. The first kappa shape index (κ1) is 20.1. The second-order valence-electron chi connectivity index (χ2n) is 7.53. The van der Waals surface area contributed by atoms with Gasteiger partial charge in [0.2, 0.25) is 0 Å². The third kappa shape index (κ3) is 4.99. The predicted molar refractivity (Wildman–Crippen MR) is 108 cm³/mol. The number of thiazole rings is 1. The monoisotopic (exact) mass is 408 g/mol. The minimum Gasteiger partial charge on any atom is -0.461 e. The maximum atomic E-state index is 12.4. The Labute approximate surface area is 166 Å². The first-order valence-electron chi connectivity index (χ1n) is 9.20. The van der Waals surface area contributed by atoms with Crippen LogP contribution in [0.3, 0.4) is 0 Å². The van der Waals surface area contributed by atoms with Crippen LogP contribution < -0.4 is 0 Å². The van der Waals surface area contributed by atoms with Crippen LogP contribution in [0, 0.1) is 27.9 Å². The number of nitrogens with zero attached hydrogens (tertiary/aromatic N) is 2. The van der Waals surface area contributed by atoms with Gasteiger partial charge in [0.25, 0.3) is 5.69 Å². The van der Waals surface area contributed by atoms with Gasteiger partial charge in [0.1, 0.15) is 6.10 Å². The normalized spacial score (nSPS) is 22.9. The van der Waals surface area contributed by atoms with Crippen LogP contribution in [0.5, 0.6) is 0 Å². The molecule has 0 spiro atoms. The van der Waals surface area contributed by atoms with Crippen molar-refractivity contribution in [2.45, 2.75) is 50.5 Å². The number of nitro groups is 1. The van der Waals surface area contributed by atoms with Crippen molar-refractivity contribution in [1.29, 1.82) is 0 Å². The highest BCUT2D eigenvalue weighted by molar-refractivity contribution is 8.01. The Kier molecular flexibility index (Phi) is 6.37. The van der Waals surface area contributed by atoms with Gasteiger partial charge in [0.05, 0.1) is 20.9 Å². The summed E-state index contributed by atoms with van der Waals surface area (Å²) in [6.07, 6.45) is 3.24. The molecule has 1 aliphatic carbocycles. The van der Waals surface area contributed by atoms with Crippen LogP contribution in [0.4, 0.5) is 5.69 Å². The average molecular weight is 409 g/mol. The highest BCUT2D eigenvalue weighted by Crippen LogP contribution is 2.36. The Morgan fingerprint density at radius 3 is 2.93 bits per heavy atom. The van der Waals surface area contributed by atoms with Crippen molar-refractivity contribution in [2.24, 2.45) is 17.8 Å². The molecule has 8 heteroatoms. The van der Waals surface area contributed by atoms with Gasteiger partial charge in [0.15, 0.2) is 4.34 Å². The van der Waals surface area contributed by atoms with Gasteiger partial charge in [-0.2, -0.15) is 0 Å². The van der Waals surface area contributed by atoms with Crippen molar-refractivity contribution in [2.75, 3.05) is 5.75 Å². The number of hydrogen-bond acceptors (Lipinski definition) is 7. The van der Waals surface area contributed by atoms with E-state index in [9.17, 15) is 14.9 Å². The standard InChI is InChI=1S/C19H24N2O4S2/c1-11(2)14-6-4-12(3)8-16(14)25-18(22)10-26-19-20-15-7-5-13(21(23)24)9-17(15)27-19/h5,7,9,11-12,14,16H,4,6,8,10H2,1-3H3/t12-,14+,16-/m1/s1. The lowest BCUT2D eigenvalue weighted by molar-refractivity contribution is -0.384. The summed E-state index contributed by atoms with van der Waals surface area (Å²) in [5.74, 6) is 1.51. The van der Waals surface area contributed by atoms with Crippen molar-refractivity contribution >= 4 is 45.0 Å². The zero-order chi connectivity index (χ0) is 19.6. The van der Waals surface area contributed by atoms with Gasteiger partial charge in [-0.25, -0.2) is 4.98 Å². The van der Waals surface area contributed by atoms with Crippen LogP contribution >= 0.6 is 23.1 Å². The molecule has 0 N–H and O–H groups in total. The molecule has 6 nitrogen and oxygen atoms in total. The molecule has 2 aromatic rings. The molecular formula is C19H24N2O4S2. The molecule has 0 aliphatic heterocycles.